The van der Waals surface area contributed by atoms with Gasteiger partial charge in [0.05, 0.1) is 7.11 Å². The molecule has 82 valence electrons. The van der Waals surface area contributed by atoms with E-state index < -0.39 is 0 Å². The lowest BCUT2D eigenvalue weighted by Gasteiger charge is -2.03. The Hall–Kier alpha value is -1.61. The minimum Gasteiger partial charge on any atom is -0.497 e. The SMILES string of the molecule is COc1ccc(Sc2ccc(N)cc2)cc1. The molecule has 2 rings (SSSR count). The largest absolute Gasteiger partial charge is 0.497 e. The van der Waals surface area contributed by atoms with Crippen LogP contribution in [0.15, 0.2) is 58.3 Å². The number of rotatable bonds is 3. The van der Waals surface area contributed by atoms with Gasteiger partial charge in [-0.2, -0.15) is 0 Å². The summed E-state index contributed by atoms with van der Waals surface area (Å²) in [6.45, 7) is 0. The molecule has 0 spiro atoms. The van der Waals surface area contributed by atoms with Gasteiger partial charge >= 0.3 is 0 Å². The number of anilines is 1. The Morgan fingerprint density at radius 2 is 1.38 bits per heavy atom. The second-order valence-electron chi connectivity index (χ2n) is 3.35. The fourth-order valence-corrected chi connectivity index (χ4v) is 2.13. The average Bonchev–Trinajstić information content (AvgIpc) is 2.33. The van der Waals surface area contributed by atoms with Crippen molar-refractivity contribution < 1.29 is 4.74 Å². The zero-order chi connectivity index (χ0) is 11.4. The molecule has 0 saturated carbocycles. The summed E-state index contributed by atoms with van der Waals surface area (Å²) in [6.07, 6.45) is 0. The fourth-order valence-electron chi connectivity index (χ4n) is 1.32. The smallest absolute Gasteiger partial charge is 0.118 e. The van der Waals surface area contributed by atoms with Gasteiger partial charge < -0.3 is 10.5 Å². The Morgan fingerprint density at radius 3 is 1.88 bits per heavy atom. The highest BCUT2D eigenvalue weighted by molar-refractivity contribution is 7.99. The van der Waals surface area contributed by atoms with E-state index >= 15 is 0 Å². The minimum absolute atomic E-state index is 0.791. The van der Waals surface area contributed by atoms with Crippen molar-refractivity contribution in [3.63, 3.8) is 0 Å². The highest BCUT2D eigenvalue weighted by atomic mass is 32.2. The van der Waals surface area contributed by atoms with Crippen LogP contribution >= 0.6 is 11.8 Å². The molecule has 0 amide bonds. The molecule has 0 unspecified atom stereocenters. The molecule has 0 heterocycles. The van der Waals surface area contributed by atoms with Gasteiger partial charge in [-0.3, -0.25) is 0 Å². The monoisotopic (exact) mass is 231 g/mol. The molecule has 0 aliphatic heterocycles. The summed E-state index contributed by atoms with van der Waals surface area (Å²) in [6, 6.07) is 15.9. The number of ether oxygens (including phenoxy) is 1. The normalized spacial score (nSPS) is 10.1. The number of hydrogen-bond acceptors (Lipinski definition) is 3. The topological polar surface area (TPSA) is 35.2 Å². The molecule has 2 nitrogen and oxygen atoms in total. The number of nitrogens with two attached hydrogens (primary N) is 1. The van der Waals surface area contributed by atoms with Crippen molar-refractivity contribution in [3.05, 3.63) is 48.5 Å². The van der Waals surface area contributed by atoms with Crippen LogP contribution in [0.5, 0.6) is 5.75 Å². The van der Waals surface area contributed by atoms with Gasteiger partial charge in [0.2, 0.25) is 0 Å². The van der Waals surface area contributed by atoms with E-state index in [2.05, 4.69) is 0 Å². The summed E-state index contributed by atoms with van der Waals surface area (Å²) in [5, 5.41) is 0. The summed E-state index contributed by atoms with van der Waals surface area (Å²) < 4.78 is 5.11. The van der Waals surface area contributed by atoms with Crippen LogP contribution in [-0.4, -0.2) is 7.11 Å². The predicted octanol–water partition coefficient (Wildman–Crippen LogP) is 3.43. The summed E-state index contributed by atoms with van der Waals surface area (Å²) >= 11 is 1.70. The predicted molar refractivity (Wildman–Crippen MR) is 68.0 cm³/mol. The van der Waals surface area contributed by atoms with Gasteiger partial charge in [-0.1, -0.05) is 11.8 Å². The molecule has 0 fully saturated rings. The summed E-state index contributed by atoms with van der Waals surface area (Å²) in [7, 11) is 1.67. The Balaban J connectivity index is 2.11. The Morgan fingerprint density at radius 1 is 0.875 bits per heavy atom. The molecule has 0 saturated heterocycles. The lowest BCUT2D eigenvalue weighted by atomic mass is 10.3. The molecule has 0 radical (unpaired) electrons. The Kier molecular flexibility index (Phi) is 3.37. The molecular formula is C13H13NOS. The maximum absolute atomic E-state index is 5.63. The lowest BCUT2D eigenvalue weighted by Crippen LogP contribution is -1.83. The van der Waals surface area contributed by atoms with E-state index in [-0.39, 0.29) is 0 Å². The van der Waals surface area contributed by atoms with E-state index in [1.807, 2.05) is 48.5 Å². The molecule has 0 aliphatic carbocycles. The van der Waals surface area contributed by atoms with Crippen molar-refractivity contribution in [3.8, 4) is 5.75 Å². The second kappa shape index (κ2) is 4.94. The third kappa shape index (κ3) is 2.70. The highest BCUT2D eigenvalue weighted by Gasteiger charge is 1.97. The average molecular weight is 231 g/mol. The Labute approximate surface area is 99.4 Å². The van der Waals surface area contributed by atoms with E-state index in [9.17, 15) is 0 Å². The van der Waals surface area contributed by atoms with Crippen LogP contribution in [0.2, 0.25) is 0 Å². The quantitative estimate of drug-likeness (QED) is 0.822. The molecule has 2 aromatic rings. The fraction of sp³-hybridized carbons (Fsp3) is 0.0769. The lowest BCUT2D eigenvalue weighted by molar-refractivity contribution is 0.414. The van der Waals surface area contributed by atoms with E-state index in [0.29, 0.717) is 0 Å². The molecule has 0 atom stereocenters. The molecule has 0 bridgehead atoms. The van der Waals surface area contributed by atoms with Crippen molar-refractivity contribution in [2.45, 2.75) is 9.79 Å². The summed E-state index contributed by atoms with van der Waals surface area (Å²) in [5.41, 5.74) is 6.42. The maximum Gasteiger partial charge on any atom is 0.118 e. The van der Waals surface area contributed by atoms with Gasteiger partial charge in [0.15, 0.2) is 0 Å². The van der Waals surface area contributed by atoms with Gasteiger partial charge in [0, 0.05) is 15.5 Å². The molecule has 2 N–H and O–H groups in total. The number of methoxy groups -OCH3 is 1. The second-order valence-corrected chi connectivity index (χ2v) is 4.49. The van der Waals surface area contributed by atoms with Gasteiger partial charge in [-0.05, 0) is 48.5 Å². The first-order valence-corrected chi connectivity index (χ1v) is 5.77. The van der Waals surface area contributed by atoms with Gasteiger partial charge in [0.1, 0.15) is 5.75 Å². The number of nitrogen functional groups attached to an aromatic ring is 1. The van der Waals surface area contributed by atoms with Crippen LogP contribution < -0.4 is 10.5 Å². The van der Waals surface area contributed by atoms with E-state index in [0.717, 1.165) is 11.4 Å². The maximum atomic E-state index is 5.63. The zero-order valence-corrected chi connectivity index (χ0v) is 9.83. The highest BCUT2D eigenvalue weighted by Crippen LogP contribution is 2.29. The van der Waals surface area contributed by atoms with Crippen LogP contribution in [0.4, 0.5) is 5.69 Å². The van der Waals surface area contributed by atoms with E-state index in [4.69, 9.17) is 10.5 Å². The molecule has 2 aromatic carbocycles. The molecular weight excluding hydrogens is 218 g/mol. The summed E-state index contributed by atoms with van der Waals surface area (Å²) in [5.74, 6) is 0.877. The Bertz CT molecular complexity index is 450. The minimum atomic E-state index is 0.791. The van der Waals surface area contributed by atoms with Crippen LogP contribution in [0.3, 0.4) is 0 Å². The number of benzene rings is 2. The van der Waals surface area contributed by atoms with Crippen LogP contribution in [0.1, 0.15) is 0 Å². The van der Waals surface area contributed by atoms with Crippen molar-refractivity contribution in [1.82, 2.24) is 0 Å². The summed E-state index contributed by atoms with van der Waals surface area (Å²) in [4.78, 5) is 2.37. The van der Waals surface area contributed by atoms with Crippen molar-refractivity contribution >= 4 is 17.4 Å². The van der Waals surface area contributed by atoms with Crippen LogP contribution in [0.25, 0.3) is 0 Å². The van der Waals surface area contributed by atoms with Gasteiger partial charge in [0.25, 0.3) is 0 Å². The molecule has 0 aliphatic rings. The van der Waals surface area contributed by atoms with Crippen LogP contribution in [0, 0.1) is 0 Å². The van der Waals surface area contributed by atoms with Gasteiger partial charge in [-0.15, -0.1) is 0 Å². The third-order valence-electron chi connectivity index (χ3n) is 2.18. The van der Waals surface area contributed by atoms with Crippen molar-refractivity contribution in [2.75, 3.05) is 12.8 Å². The van der Waals surface area contributed by atoms with Crippen molar-refractivity contribution in [1.29, 1.82) is 0 Å². The standard InChI is InChI=1S/C13H13NOS/c1-15-11-4-8-13(9-5-11)16-12-6-2-10(14)3-7-12/h2-9H,14H2,1H3. The van der Waals surface area contributed by atoms with Crippen molar-refractivity contribution in [2.24, 2.45) is 0 Å². The molecule has 3 heteroatoms. The third-order valence-corrected chi connectivity index (χ3v) is 3.19. The number of hydrogen-bond donors (Lipinski definition) is 1. The van der Waals surface area contributed by atoms with Gasteiger partial charge in [-0.25, -0.2) is 0 Å². The molecule has 16 heavy (non-hydrogen) atoms. The molecule has 0 aromatic heterocycles. The first kappa shape index (κ1) is 10.9. The van der Waals surface area contributed by atoms with E-state index in [1.54, 1.807) is 18.9 Å². The first-order valence-electron chi connectivity index (χ1n) is 4.95. The van der Waals surface area contributed by atoms with E-state index in [1.165, 1.54) is 9.79 Å². The van der Waals surface area contributed by atoms with Crippen LogP contribution in [-0.2, 0) is 0 Å². The zero-order valence-electron chi connectivity index (χ0n) is 9.01. The first-order chi connectivity index (χ1) is 7.78.